The second-order valence-electron chi connectivity index (χ2n) is 9.17. The first-order chi connectivity index (χ1) is 16.5. The van der Waals surface area contributed by atoms with Crippen molar-refractivity contribution in [3.05, 3.63) is 101 Å². The zero-order valence-corrected chi connectivity index (χ0v) is 18.9. The SMILES string of the molecule is C=CC1CCC(c2ccc(OCc3ccc(-c4ccc(C5CO5)c(F)c4)cc3)c(F)c2F)CC1. The molecular formula is C29H27F3O2. The summed E-state index contributed by atoms with van der Waals surface area (Å²) in [6, 6.07) is 15.7. The minimum Gasteiger partial charge on any atom is -0.486 e. The lowest BCUT2D eigenvalue weighted by molar-refractivity contribution is 0.282. The van der Waals surface area contributed by atoms with Gasteiger partial charge >= 0.3 is 0 Å². The number of hydrogen-bond acceptors (Lipinski definition) is 2. The van der Waals surface area contributed by atoms with Crippen molar-refractivity contribution in [2.24, 2.45) is 5.92 Å². The third kappa shape index (κ3) is 4.76. The van der Waals surface area contributed by atoms with Gasteiger partial charge in [-0.1, -0.05) is 48.5 Å². The molecule has 3 aromatic carbocycles. The number of hydrogen-bond donors (Lipinski definition) is 0. The number of allylic oxidation sites excluding steroid dienone is 1. The van der Waals surface area contributed by atoms with Crippen molar-refractivity contribution >= 4 is 0 Å². The molecule has 0 spiro atoms. The minimum atomic E-state index is -0.935. The molecule has 1 saturated heterocycles. The summed E-state index contributed by atoms with van der Waals surface area (Å²) in [5, 5.41) is 0. The molecular weight excluding hydrogens is 437 g/mol. The molecule has 34 heavy (non-hydrogen) atoms. The Labute approximate surface area is 198 Å². The molecule has 176 valence electrons. The van der Waals surface area contributed by atoms with Gasteiger partial charge in [0.15, 0.2) is 11.6 Å². The van der Waals surface area contributed by atoms with Gasteiger partial charge in [0.05, 0.1) is 6.61 Å². The third-order valence-corrected chi connectivity index (χ3v) is 6.98. The van der Waals surface area contributed by atoms with E-state index in [1.165, 1.54) is 12.1 Å². The van der Waals surface area contributed by atoms with Crippen LogP contribution in [0.1, 0.15) is 54.4 Å². The van der Waals surface area contributed by atoms with Crippen LogP contribution in [0.4, 0.5) is 13.2 Å². The molecule has 1 unspecified atom stereocenters. The van der Waals surface area contributed by atoms with Crippen molar-refractivity contribution in [1.29, 1.82) is 0 Å². The predicted molar refractivity (Wildman–Crippen MR) is 126 cm³/mol. The molecule has 3 aromatic rings. The smallest absolute Gasteiger partial charge is 0.200 e. The molecule has 0 N–H and O–H groups in total. The summed E-state index contributed by atoms with van der Waals surface area (Å²) in [6.45, 7) is 4.50. The van der Waals surface area contributed by atoms with E-state index in [9.17, 15) is 13.2 Å². The fourth-order valence-corrected chi connectivity index (χ4v) is 4.79. The number of rotatable bonds is 7. The first-order valence-corrected chi connectivity index (χ1v) is 11.8. The van der Waals surface area contributed by atoms with Crippen LogP contribution in [-0.4, -0.2) is 6.61 Å². The highest BCUT2D eigenvalue weighted by atomic mass is 19.2. The molecule has 1 saturated carbocycles. The summed E-state index contributed by atoms with van der Waals surface area (Å²) in [6.07, 6.45) is 5.40. The average Bonchev–Trinajstić information content (AvgIpc) is 3.71. The molecule has 2 nitrogen and oxygen atoms in total. The molecule has 2 aliphatic rings. The van der Waals surface area contributed by atoms with Crippen LogP contribution in [0.25, 0.3) is 11.1 Å². The van der Waals surface area contributed by atoms with Crippen LogP contribution in [0.2, 0.25) is 0 Å². The van der Waals surface area contributed by atoms with E-state index in [1.54, 1.807) is 12.1 Å². The summed E-state index contributed by atoms with van der Waals surface area (Å²) in [5.41, 5.74) is 3.44. The van der Waals surface area contributed by atoms with Crippen LogP contribution in [0.15, 0.2) is 67.3 Å². The average molecular weight is 465 g/mol. The molecule has 0 radical (unpaired) electrons. The summed E-state index contributed by atoms with van der Waals surface area (Å²) >= 11 is 0. The predicted octanol–water partition coefficient (Wildman–Crippen LogP) is 7.88. The molecule has 1 aliphatic carbocycles. The molecule has 5 heteroatoms. The van der Waals surface area contributed by atoms with Crippen molar-refractivity contribution in [2.75, 3.05) is 6.61 Å². The molecule has 0 aromatic heterocycles. The summed E-state index contributed by atoms with van der Waals surface area (Å²) in [7, 11) is 0. The van der Waals surface area contributed by atoms with Crippen LogP contribution < -0.4 is 4.74 Å². The van der Waals surface area contributed by atoms with Gasteiger partial charge in [-0.05, 0) is 71.9 Å². The number of ether oxygens (including phenoxy) is 2. The van der Waals surface area contributed by atoms with Gasteiger partial charge in [-0.2, -0.15) is 4.39 Å². The van der Waals surface area contributed by atoms with E-state index < -0.39 is 11.6 Å². The van der Waals surface area contributed by atoms with Crippen molar-refractivity contribution in [3.63, 3.8) is 0 Å². The van der Waals surface area contributed by atoms with E-state index in [4.69, 9.17) is 9.47 Å². The van der Waals surface area contributed by atoms with Gasteiger partial charge in [-0.3, -0.25) is 0 Å². The van der Waals surface area contributed by atoms with Gasteiger partial charge in [-0.25, -0.2) is 8.78 Å². The molecule has 1 atom stereocenters. The van der Waals surface area contributed by atoms with Crippen LogP contribution in [-0.2, 0) is 11.3 Å². The van der Waals surface area contributed by atoms with E-state index in [0.717, 1.165) is 42.4 Å². The quantitative estimate of drug-likeness (QED) is 0.262. The van der Waals surface area contributed by atoms with Crippen LogP contribution in [0, 0.1) is 23.4 Å². The van der Waals surface area contributed by atoms with Crippen molar-refractivity contribution in [2.45, 2.75) is 44.3 Å². The number of halogens is 3. The standard InChI is InChI=1S/C29H27F3O2/c1-2-18-3-9-21(10-4-18)23-13-14-26(29(32)28(23)31)33-16-19-5-7-20(8-6-19)22-11-12-24(25(30)15-22)27-17-34-27/h2,5-8,11-15,18,21,27H,1,3-4,9-10,16-17H2. The maximum atomic E-state index is 14.8. The third-order valence-electron chi connectivity index (χ3n) is 6.98. The first kappa shape index (κ1) is 22.7. The Kier molecular flexibility index (Phi) is 6.46. The zero-order valence-electron chi connectivity index (χ0n) is 18.9. The van der Waals surface area contributed by atoms with Crippen molar-refractivity contribution < 1.29 is 22.6 Å². The Balaban J connectivity index is 1.23. The normalized spacial score (nSPS) is 21.8. The van der Waals surface area contributed by atoms with Gasteiger partial charge < -0.3 is 9.47 Å². The topological polar surface area (TPSA) is 21.8 Å². The van der Waals surface area contributed by atoms with Gasteiger partial charge in [0.2, 0.25) is 5.82 Å². The molecule has 5 rings (SSSR count). The number of benzene rings is 3. The van der Waals surface area contributed by atoms with Gasteiger partial charge in [0.1, 0.15) is 18.5 Å². The highest BCUT2D eigenvalue weighted by Gasteiger charge is 2.28. The van der Waals surface area contributed by atoms with Gasteiger partial charge in [-0.15, -0.1) is 6.58 Å². The zero-order chi connectivity index (χ0) is 23.7. The fraction of sp³-hybridized carbons (Fsp3) is 0.310. The largest absolute Gasteiger partial charge is 0.486 e. The Morgan fingerprint density at radius 1 is 0.853 bits per heavy atom. The van der Waals surface area contributed by atoms with E-state index in [0.29, 0.717) is 23.7 Å². The lowest BCUT2D eigenvalue weighted by Gasteiger charge is -2.27. The monoisotopic (exact) mass is 464 g/mol. The molecule has 0 bridgehead atoms. The highest BCUT2D eigenvalue weighted by molar-refractivity contribution is 5.64. The van der Waals surface area contributed by atoms with Crippen molar-refractivity contribution in [1.82, 2.24) is 0 Å². The lowest BCUT2D eigenvalue weighted by atomic mass is 9.78. The summed E-state index contributed by atoms with van der Waals surface area (Å²) in [4.78, 5) is 0. The number of epoxide rings is 1. The molecule has 1 heterocycles. The molecule has 2 fully saturated rings. The van der Waals surface area contributed by atoms with Crippen LogP contribution in [0.5, 0.6) is 5.75 Å². The maximum Gasteiger partial charge on any atom is 0.200 e. The Morgan fingerprint density at radius 3 is 2.18 bits per heavy atom. The Bertz CT molecular complexity index is 1180. The lowest BCUT2D eigenvalue weighted by Crippen LogP contribution is -2.13. The minimum absolute atomic E-state index is 0.0306. The maximum absolute atomic E-state index is 14.8. The van der Waals surface area contributed by atoms with E-state index >= 15 is 0 Å². The fourth-order valence-electron chi connectivity index (χ4n) is 4.79. The second-order valence-corrected chi connectivity index (χ2v) is 9.17. The van der Waals surface area contributed by atoms with E-state index in [1.807, 2.05) is 36.4 Å². The van der Waals surface area contributed by atoms with Gasteiger partial charge in [0.25, 0.3) is 0 Å². The van der Waals surface area contributed by atoms with Crippen LogP contribution >= 0.6 is 0 Å². The Morgan fingerprint density at radius 2 is 1.53 bits per heavy atom. The first-order valence-electron chi connectivity index (χ1n) is 11.8. The summed E-state index contributed by atoms with van der Waals surface area (Å²) in [5.74, 6) is -1.61. The van der Waals surface area contributed by atoms with Crippen molar-refractivity contribution in [3.8, 4) is 16.9 Å². The van der Waals surface area contributed by atoms with E-state index in [2.05, 4.69) is 6.58 Å². The summed E-state index contributed by atoms with van der Waals surface area (Å²) < 4.78 is 54.6. The highest BCUT2D eigenvalue weighted by Crippen LogP contribution is 2.39. The second kappa shape index (κ2) is 9.67. The van der Waals surface area contributed by atoms with Crippen LogP contribution in [0.3, 0.4) is 0 Å². The van der Waals surface area contributed by atoms with E-state index in [-0.39, 0.29) is 30.2 Å². The Hall–Kier alpha value is -3.05. The molecule has 1 aliphatic heterocycles. The van der Waals surface area contributed by atoms with Gasteiger partial charge in [0, 0.05) is 5.56 Å². The molecule has 0 amide bonds.